The highest BCUT2D eigenvalue weighted by Gasteiger charge is 2.53. The zero-order chi connectivity index (χ0) is 60.9. The van der Waals surface area contributed by atoms with Crippen molar-refractivity contribution in [3.8, 4) is 0 Å². The molecule has 1 aliphatic carbocycles. The lowest BCUT2D eigenvalue weighted by Crippen LogP contribution is -2.61. The van der Waals surface area contributed by atoms with Crippen LogP contribution in [0.4, 0.5) is 0 Å². The number of nitrogens with zero attached hydrogens (tertiary/aromatic N) is 1. The van der Waals surface area contributed by atoms with Gasteiger partial charge in [0.1, 0.15) is 30.1 Å². The number of aliphatic hydroxyl groups excluding tert-OH is 1. The van der Waals surface area contributed by atoms with Gasteiger partial charge in [0.15, 0.2) is 13.2 Å². The number of Topliss-reactive ketones (excluding diaryl/α,β-unsaturated/α-hetero) is 3. The lowest BCUT2D eigenvalue weighted by Gasteiger charge is -2.42. The molecule has 4 rings (SSSR count). The molecule has 396 valence electrons. The molecule has 1 amide bonds. The molecule has 3 aliphatic heterocycles. The zero-order valence-corrected chi connectivity index (χ0v) is 43.8. The molecule has 0 radical (unpaired) electrons. The van der Waals surface area contributed by atoms with Crippen LogP contribution in [0.25, 0.3) is 0 Å². The Hall–Kier alpha value is -3.14. The second-order valence-corrected chi connectivity index (χ2v) is 22.8. The molecule has 4 aliphatic rings. The molecule has 0 spiro atoms. The van der Waals surface area contributed by atoms with Crippen LogP contribution in [0, 0.1) is 41.4 Å². The summed E-state index contributed by atoms with van der Waals surface area (Å²) in [5.41, 5.74) is 0.121. The number of ketones is 3. The number of piperidine rings is 1. The van der Waals surface area contributed by atoms with Crippen LogP contribution in [0.15, 0.2) is 47.6 Å². The van der Waals surface area contributed by atoms with Crippen LogP contribution in [0.2, 0.25) is 0 Å². The lowest BCUT2D eigenvalue weighted by molar-refractivity contribution is -0.265. The third-order valence-electron chi connectivity index (χ3n) is 14.5. The van der Waals surface area contributed by atoms with Gasteiger partial charge in [0.25, 0.3) is 11.7 Å². The fourth-order valence-corrected chi connectivity index (χ4v) is 10.7. The van der Waals surface area contributed by atoms with Gasteiger partial charge in [-0.3, -0.25) is 23.7 Å². The summed E-state index contributed by atoms with van der Waals surface area (Å²) in [6.45, 7) is 9.58. The van der Waals surface area contributed by atoms with Gasteiger partial charge in [-0.25, -0.2) is 4.79 Å². The van der Waals surface area contributed by atoms with Crippen molar-refractivity contribution in [2.45, 2.75) is 180 Å². The molecule has 16 atom stereocenters. The van der Waals surface area contributed by atoms with Crippen LogP contribution < -0.4 is 0 Å². The first kappa shape index (κ1) is 45.5. The molecule has 16 heteroatoms. The Morgan fingerprint density at radius 3 is 2.34 bits per heavy atom. The number of methoxy groups -OCH3 is 3. The van der Waals surface area contributed by atoms with Crippen molar-refractivity contribution >= 4 is 36.6 Å². The van der Waals surface area contributed by atoms with Crippen LogP contribution in [0.1, 0.15) is 140 Å². The zero-order valence-electron chi connectivity index (χ0n) is 52.9. The number of rotatable bonds is 8. The molecule has 2 N–H and O–H groups in total. The molecule has 2 saturated heterocycles. The van der Waals surface area contributed by atoms with E-state index in [2.05, 4.69) is 0 Å². The summed E-state index contributed by atoms with van der Waals surface area (Å²) in [5, 5.41) is 23.9. The monoisotopic (exact) mass is 1010 g/mol. The summed E-state index contributed by atoms with van der Waals surface area (Å²) < 4.78 is 133. The van der Waals surface area contributed by atoms with Gasteiger partial charge in [0.2, 0.25) is 5.79 Å². The number of carbonyl (C=O) groups is 5. The number of carbonyl (C=O) groups excluding carboxylic acids is 5. The van der Waals surface area contributed by atoms with E-state index in [4.69, 9.17) is 39.2 Å². The first-order valence-electron chi connectivity index (χ1n) is 29.5. The number of hydrogen-bond donors (Lipinski definition) is 2. The molecule has 15 nitrogen and oxygen atoms in total. The fraction of sp³-hybridized carbons (Fsp3) is 0.759. The second-order valence-electron chi connectivity index (χ2n) is 20.1. The normalized spacial score (nSPS) is 45.0. The van der Waals surface area contributed by atoms with E-state index in [9.17, 15) is 41.5 Å². The summed E-state index contributed by atoms with van der Waals surface area (Å²) >= 11 is 0. The van der Waals surface area contributed by atoms with Gasteiger partial charge in [0.05, 0.1) is 28.5 Å². The average Bonchev–Trinajstić information content (AvgIpc) is 3.34. The summed E-state index contributed by atoms with van der Waals surface area (Å²) in [5.74, 6) is -18.5. The molecule has 2 bridgehead atoms. The van der Waals surface area contributed by atoms with Crippen molar-refractivity contribution in [1.29, 1.82) is 0 Å². The highest BCUT2D eigenvalue weighted by molar-refractivity contribution is 7.57. The van der Waals surface area contributed by atoms with E-state index in [0.29, 0.717) is 38.5 Å². The highest BCUT2D eigenvalue weighted by atomic mass is 31.2. The molecule has 0 aromatic carbocycles. The summed E-state index contributed by atoms with van der Waals surface area (Å²) in [7, 11) is -3.29. The van der Waals surface area contributed by atoms with Crippen LogP contribution in [-0.4, -0.2) is 140 Å². The van der Waals surface area contributed by atoms with Gasteiger partial charge >= 0.3 is 5.97 Å². The number of aliphatic hydroxyl groups is 2. The number of hydrogen-bond acceptors (Lipinski definition) is 14. The van der Waals surface area contributed by atoms with Crippen LogP contribution in [0.5, 0.6) is 0 Å². The van der Waals surface area contributed by atoms with Crippen molar-refractivity contribution in [2.75, 3.05) is 41.1 Å². The van der Waals surface area contributed by atoms with E-state index in [-0.39, 0.29) is 30.0 Å². The maximum Gasteiger partial charge on any atom is 0.329 e. The predicted octanol–water partition coefficient (Wildman–Crippen LogP) is 7.99. The number of amides is 1. The first-order valence-corrected chi connectivity index (χ1v) is 27.0. The number of ether oxygens (including phenoxy) is 5. The lowest BCUT2D eigenvalue weighted by atomic mass is 9.78. The smallest absolute Gasteiger partial charge is 0.329 e. The number of allylic oxidation sites excluding steroid dienone is 6. The van der Waals surface area contributed by atoms with Crippen LogP contribution in [-0.2, 0) is 56.7 Å². The Morgan fingerprint density at radius 2 is 1.69 bits per heavy atom. The standard InChI is InChI=1S/C54H86NO14P/c1-32-19-15-14-16-20-33(2)45(64-9)30-41-24-22-37(6)54(62,68-41)51(59)52(60)55-26-18-17-21-42(55)53(61)67-46(35(4)28-40-23-25-44(47(29-40)65-10)69-70(12,13)63)31-43(56)34(3)27-36(5)48(57)50(66-11)49(58)39(8)38(32)7/h14-16,19-20,27,32,34-35,37-42,44-48,50,57,62H,17-18,21-26,28-31H2,1-13H3/b16-14+,19-15+,33-20+,36-27+/t32-,34-,35-,37-,38?,39-,40+,41+,42+,44-,45+,46+,47-,48-,50-,54-/m1/s1/i3D3,9D3,22D2,32D,38D. The largest absolute Gasteiger partial charge is 0.460 e. The fourth-order valence-electron chi connectivity index (χ4n) is 9.78. The van der Waals surface area contributed by atoms with Crippen molar-refractivity contribution in [3.63, 3.8) is 0 Å². The molecule has 3 heterocycles. The van der Waals surface area contributed by atoms with Gasteiger partial charge < -0.3 is 43.3 Å². The van der Waals surface area contributed by atoms with Gasteiger partial charge in [0, 0.05) is 81.3 Å². The van der Waals surface area contributed by atoms with E-state index in [1.165, 1.54) is 92.4 Å². The predicted molar refractivity (Wildman–Crippen MR) is 268 cm³/mol. The molecule has 0 aromatic heterocycles. The quantitative estimate of drug-likeness (QED) is 0.103. The highest BCUT2D eigenvalue weighted by Crippen LogP contribution is 2.45. The van der Waals surface area contributed by atoms with E-state index in [1.807, 2.05) is 0 Å². The SMILES string of the molecule is [2H]C([2H])([2H])O[C@H]1C[C@@H]2CC([2H])([2H])[C@@H](C)[C@@](O)(O2)C(=O)C(=O)N2CCCC[C@H]2C(=O)O[C@H]([C@H](C)C[C@@H]2CC[C@@H](OP(C)(C)=O)[C@H](OC)C2)CC(=O)[C@H](C([2H])([2H])[2H])/C=C(\C)[C@@H](O)[C@@H](OC)C(=O)[C@H](C)C([2H])(C)[C@]([2H])(C)/C=C/C=C/C=C/1C. The van der Waals surface area contributed by atoms with Gasteiger partial charge in [-0.05, 0) is 106 Å². The van der Waals surface area contributed by atoms with E-state index in [0.717, 1.165) is 18.1 Å². The average molecular weight is 1010 g/mol. The topological polar surface area (TPSA) is 201 Å². The number of fused-ring (bicyclic) bond motifs is 3. The van der Waals surface area contributed by atoms with Crippen molar-refractivity contribution < 1.29 is 80.7 Å². The number of esters is 1. The molecule has 0 aromatic rings. The van der Waals surface area contributed by atoms with E-state index >= 15 is 0 Å². The molecule has 1 saturated carbocycles. The summed E-state index contributed by atoms with van der Waals surface area (Å²) in [6.07, 6.45) is -2.16. The van der Waals surface area contributed by atoms with Crippen LogP contribution >= 0.6 is 7.37 Å². The van der Waals surface area contributed by atoms with E-state index in [1.54, 1.807) is 6.92 Å². The summed E-state index contributed by atoms with van der Waals surface area (Å²) in [4.78, 5) is 73.5. The Morgan fingerprint density at radius 1 is 0.957 bits per heavy atom. The molecule has 3 fully saturated rings. The minimum Gasteiger partial charge on any atom is -0.460 e. The Bertz CT molecular complexity index is 2390. The first-order chi connectivity index (χ1) is 36.6. The molecular formula is C54H86NO14P. The molecule has 1 unspecified atom stereocenters. The Labute approximate surface area is 432 Å². The van der Waals surface area contributed by atoms with Crippen LogP contribution in [0.3, 0.4) is 0 Å². The maximum absolute atomic E-state index is 14.7. The molecule has 70 heavy (non-hydrogen) atoms. The second kappa shape index (κ2) is 26.7. The van der Waals surface area contributed by atoms with Gasteiger partial charge in [-0.2, -0.15) is 0 Å². The summed E-state index contributed by atoms with van der Waals surface area (Å²) in [6, 6.07) is -1.49. The van der Waals surface area contributed by atoms with Crippen molar-refractivity contribution in [1.82, 2.24) is 4.90 Å². The van der Waals surface area contributed by atoms with Crippen molar-refractivity contribution in [3.05, 3.63) is 47.6 Å². The Balaban J connectivity index is 1.88. The Kier molecular flexibility index (Phi) is 17.3. The number of cyclic esters (lactones) is 1. The minimum absolute atomic E-state index is 0.0520. The van der Waals surface area contributed by atoms with Crippen molar-refractivity contribution in [2.24, 2.45) is 41.4 Å². The molecular weight excluding hydrogens is 918 g/mol. The van der Waals surface area contributed by atoms with E-state index < -0.39 is 166 Å². The minimum atomic E-state index is -3.15. The third-order valence-corrected chi connectivity index (χ3v) is 15.3. The van der Waals surface area contributed by atoms with Gasteiger partial charge in [-0.15, -0.1) is 0 Å². The maximum atomic E-state index is 14.7. The third kappa shape index (κ3) is 15.7. The van der Waals surface area contributed by atoms with Gasteiger partial charge in [-0.1, -0.05) is 77.9 Å².